The average molecular weight is 585 g/mol. The smallest absolute Gasteiger partial charge is 0.439 e. The van der Waals surface area contributed by atoms with Crippen molar-refractivity contribution >= 4 is 40.9 Å². The Morgan fingerprint density at radius 3 is 2.81 bits per heavy atom. The van der Waals surface area contributed by atoms with Crippen molar-refractivity contribution in [1.82, 2.24) is 40.3 Å². The van der Waals surface area contributed by atoms with Crippen molar-refractivity contribution in [2.45, 2.75) is 32.4 Å². The number of nitrogens with one attached hydrogen (secondary N) is 3. The Balaban J connectivity index is 1.12. The van der Waals surface area contributed by atoms with Gasteiger partial charge >= 0.3 is 10.6 Å². The molecule has 0 spiro atoms. The van der Waals surface area contributed by atoms with Crippen LogP contribution in [0.2, 0.25) is 0 Å². The van der Waals surface area contributed by atoms with Crippen LogP contribution in [0.3, 0.4) is 0 Å². The average Bonchev–Trinajstić information content (AvgIpc) is 3.77. The summed E-state index contributed by atoms with van der Waals surface area (Å²) in [4.78, 5) is 49.0. The van der Waals surface area contributed by atoms with Crippen molar-refractivity contribution in [2.24, 2.45) is 0 Å². The zero-order chi connectivity index (χ0) is 29.0. The van der Waals surface area contributed by atoms with E-state index in [-0.39, 0.29) is 34.6 Å². The zero-order valence-corrected chi connectivity index (χ0v) is 22.7. The second-order valence-electron chi connectivity index (χ2n) is 9.75. The molecule has 42 heavy (non-hydrogen) atoms. The van der Waals surface area contributed by atoms with Gasteiger partial charge in [-0.2, -0.15) is 0 Å². The van der Waals surface area contributed by atoms with Crippen LogP contribution in [0.25, 0.3) is 28.3 Å². The number of aryl methyl sites for hydroxylation is 2. The van der Waals surface area contributed by atoms with Crippen LogP contribution in [0.5, 0.6) is 0 Å². The Kier molecular flexibility index (Phi) is 6.00. The van der Waals surface area contributed by atoms with Crippen LogP contribution in [0, 0.1) is 11.8 Å². The number of H-pyrrole nitrogens is 1. The third kappa shape index (κ3) is 4.54. The highest BCUT2D eigenvalue weighted by molar-refractivity contribution is 7.71. The van der Waals surface area contributed by atoms with Gasteiger partial charge in [0.15, 0.2) is 17.3 Å². The van der Waals surface area contributed by atoms with Gasteiger partial charge < -0.3 is 19.6 Å². The predicted molar refractivity (Wildman–Crippen MR) is 147 cm³/mol. The van der Waals surface area contributed by atoms with Gasteiger partial charge in [0.1, 0.15) is 16.9 Å². The number of carbonyl (C=O) groups is 2. The van der Waals surface area contributed by atoms with Gasteiger partial charge in [0.05, 0.1) is 6.04 Å². The van der Waals surface area contributed by atoms with Crippen LogP contribution in [-0.4, -0.2) is 41.5 Å². The van der Waals surface area contributed by atoms with Gasteiger partial charge in [0.25, 0.3) is 17.6 Å². The zero-order valence-electron chi connectivity index (χ0n) is 21.8. The van der Waals surface area contributed by atoms with Gasteiger partial charge in [0.2, 0.25) is 0 Å². The number of oxazole rings is 1. The fourth-order valence-corrected chi connectivity index (χ4v) is 5.33. The van der Waals surface area contributed by atoms with Gasteiger partial charge in [-0.1, -0.05) is 23.4 Å². The number of rotatable bonds is 6. The fourth-order valence-electron chi connectivity index (χ4n) is 5.11. The van der Waals surface area contributed by atoms with Crippen LogP contribution in [0.1, 0.15) is 56.0 Å². The second kappa shape index (κ2) is 9.88. The van der Waals surface area contributed by atoms with E-state index in [2.05, 4.69) is 40.4 Å². The molecule has 2 aromatic carbocycles. The predicted octanol–water partition coefficient (Wildman–Crippen LogP) is 3.19. The standard InChI is InChI=1S/C27H20N8O6S/c1-12-29-18-8-13(2-7-21(18)39-12)11-28-24(37)20-10-19(31-25-34-41-27(42)35(20)25)23(36)30-17-6-4-14-9-15(3-5-16(14)17)22-32-26(38)40-33-22/h2-3,5,7-10,17H,4,6,11H2,1H3,(H,28,37)(H,30,36)(H,32,33,38)/t17-/m0/s1. The molecule has 4 heterocycles. The minimum atomic E-state index is -0.635. The molecule has 1 aliphatic rings. The number of hydrogen-bond acceptors (Lipinski definition) is 11. The molecule has 0 radical (unpaired) electrons. The van der Waals surface area contributed by atoms with Crippen molar-refractivity contribution in [3.63, 3.8) is 0 Å². The van der Waals surface area contributed by atoms with E-state index in [0.717, 1.165) is 16.7 Å². The van der Waals surface area contributed by atoms with E-state index < -0.39 is 17.6 Å². The summed E-state index contributed by atoms with van der Waals surface area (Å²) in [6.07, 6.45) is 1.36. The van der Waals surface area contributed by atoms with Gasteiger partial charge in [0, 0.05) is 19.0 Å². The van der Waals surface area contributed by atoms with Crippen LogP contribution < -0.4 is 16.4 Å². The normalized spacial score (nSPS) is 14.4. The minimum Gasteiger partial charge on any atom is -0.441 e. The van der Waals surface area contributed by atoms with Crippen molar-refractivity contribution in [3.8, 4) is 11.4 Å². The van der Waals surface area contributed by atoms with E-state index in [0.29, 0.717) is 41.2 Å². The number of aromatic amines is 1. The maximum absolute atomic E-state index is 13.4. The molecular formula is C27H20N8O6S. The lowest BCUT2D eigenvalue weighted by Crippen LogP contribution is -2.30. The number of amides is 2. The summed E-state index contributed by atoms with van der Waals surface area (Å²) < 4.78 is 16.5. The van der Waals surface area contributed by atoms with E-state index in [9.17, 15) is 14.4 Å². The first-order valence-corrected chi connectivity index (χ1v) is 13.3. The molecule has 3 N–H and O–H groups in total. The molecule has 15 heteroatoms. The first-order chi connectivity index (χ1) is 20.3. The quantitative estimate of drug-likeness (QED) is 0.244. The lowest BCUT2D eigenvalue weighted by atomic mass is 10.0. The minimum absolute atomic E-state index is 0.0182. The molecule has 2 amide bonds. The molecule has 210 valence electrons. The SMILES string of the molecule is Cc1nc2cc(CNC(=O)c3cc(C(=O)N[C@H]4CCc5cc(-c6noc(=O)[nH]6)ccc54)nc4noc(=S)n34)ccc2o1. The summed E-state index contributed by atoms with van der Waals surface area (Å²) in [7, 11) is 0. The third-order valence-corrected chi connectivity index (χ3v) is 7.30. The molecule has 7 rings (SSSR count). The van der Waals surface area contributed by atoms with Crippen LogP contribution in [-0.2, 0) is 13.0 Å². The van der Waals surface area contributed by atoms with E-state index in [1.54, 1.807) is 19.1 Å². The number of aromatic nitrogens is 6. The summed E-state index contributed by atoms with van der Waals surface area (Å²) in [6.45, 7) is 1.95. The van der Waals surface area contributed by atoms with Crippen molar-refractivity contribution in [2.75, 3.05) is 0 Å². The summed E-state index contributed by atoms with van der Waals surface area (Å²) in [6, 6.07) is 12.1. The van der Waals surface area contributed by atoms with E-state index in [1.165, 1.54) is 10.5 Å². The topological polar surface area (TPSA) is 186 Å². The molecule has 14 nitrogen and oxygen atoms in total. The Labute approximate surface area is 239 Å². The number of benzene rings is 2. The first-order valence-electron chi connectivity index (χ1n) is 12.9. The van der Waals surface area contributed by atoms with E-state index in [4.69, 9.17) is 21.2 Å². The largest absolute Gasteiger partial charge is 0.441 e. The highest BCUT2D eigenvalue weighted by atomic mass is 32.1. The molecule has 1 aliphatic carbocycles. The molecule has 0 saturated carbocycles. The summed E-state index contributed by atoms with van der Waals surface area (Å²) >= 11 is 5.21. The van der Waals surface area contributed by atoms with Gasteiger partial charge in [-0.15, -0.1) is 0 Å². The third-order valence-electron chi connectivity index (χ3n) is 7.04. The summed E-state index contributed by atoms with van der Waals surface area (Å²) in [5.74, 6) is -0.765. The monoisotopic (exact) mass is 584 g/mol. The fraction of sp³-hybridized carbons (Fsp3) is 0.185. The van der Waals surface area contributed by atoms with Crippen molar-refractivity contribution < 1.29 is 23.1 Å². The highest BCUT2D eigenvalue weighted by Gasteiger charge is 2.27. The molecule has 0 bridgehead atoms. The number of carbonyl (C=O) groups excluding carboxylic acids is 2. The lowest BCUT2D eigenvalue weighted by Gasteiger charge is -2.15. The maximum atomic E-state index is 13.4. The van der Waals surface area contributed by atoms with E-state index >= 15 is 0 Å². The van der Waals surface area contributed by atoms with Crippen molar-refractivity contribution in [3.05, 3.63) is 91.8 Å². The Morgan fingerprint density at radius 1 is 1.10 bits per heavy atom. The van der Waals surface area contributed by atoms with Gasteiger partial charge in [-0.3, -0.25) is 19.1 Å². The lowest BCUT2D eigenvalue weighted by molar-refractivity contribution is 0.0931. The van der Waals surface area contributed by atoms with Gasteiger partial charge in [-0.25, -0.2) is 19.2 Å². The number of fused-ring (bicyclic) bond motifs is 3. The van der Waals surface area contributed by atoms with Crippen LogP contribution in [0.4, 0.5) is 0 Å². The molecule has 0 fully saturated rings. The second-order valence-corrected chi connectivity index (χ2v) is 10.1. The maximum Gasteiger partial charge on any atom is 0.439 e. The molecule has 4 aromatic heterocycles. The first kappa shape index (κ1) is 25.5. The molecule has 1 atom stereocenters. The number of hydrogen-bond donors (Lipinski definition) is 3. The van der Waals surface area contributed by atoms with Crippen LogP contribution >= 0.6 is 12.2 Å². The van der Waals surface area contributed by atoms with E-state index in [1.807, 2.05) is 24.3 Å². The molecule has 0 saturated heterocycles. The highest BCUT2D eigenvalue weighted by Crippen LogP contribution is 2.33. The molecule has 0 unspecified atom stereocenters. The Morgan fingerprint density at radius 2 is 1.98 bits per heavy atom. The van der Waals surface area contributed by atoms with Gasteiger partial charge in [-0.05, 0) is 71.2 Å². The Bertz CT molecular complexity index is 2160. The Hall–Kier alpha value is -5.44. The summed E-state index contributed by atoms with van der Waals surface area (Å²) in [5, 5.41) is 13.4. The van der Waals surface area contributed by atoms with Crippen molar-refractivity contribution in [1.29, 1.82) is 0 Å². The van der Waals surface area contributed by atoms with Crippen LogP contribution in [0.15, 0.2) is 60.7 Å². The molecule has 0 aliphatic heterocycles. The summed E-state index contributed by atoms with van der Waals surface area (Å²) in [5.41, 5.74) is 4.81. The molecule has 6 aromatic rings. The number of nitrogens with zero attached hydrogens (tertiary/aromatic N) is 5. The molecular weight excluding hydrogens is 564 g/mol.